The molecule has 5 heteroatoms. The lowest BCUT2D eigenvalue weighted by atomic mass is 10.2. The minimum atomic E-state index is -0.0779. The maximum absolute atomic E-state index is 8.81. The number of hydrogen-bond acceptors (Lipinski definition) is 3. The maximum Gasteiger partial charge on any atom is 0.233 e. The summed E-state index contributed by atoms with van der Waals surface area (Å²) in [5.74, 6) is 0.0194. The van der Waals surface area contributed by atoms with E-state index in [4.69, 9.17) is 16.0 Å². The Labute approximate surface area is 66.1 Å². The number of hydrogen-bond donors (Lipinski definition) is 3. The van der Waals surface area contributed by atoms with Gasteiger partial charge in [-0.2, -0.15) is 0 Å². The lowest BCUT2D eigenvalue weighted by Gasteiger charge is -2.25. The molecule has 0 fully saturated rings. The Morgan fingerprint density at radius 3 is 2.55 bits per heavy atom. The third-order valence-corrected chi connectivity index (χ3v) is 1.69. The van der Waals surface area contributed by atoms with E-state index in [9.17, 15) is 0 Å². The summed E-state index contributed by atoms with van der Waals surface area (Å²) in [6.45, 7) is 1.92. The van der Waals surface area contributed by atoms with E-state index < -0.39 is 0 Å². The molecule has 0 spiro atoms. The van der Waals surface area contributed by atoms with Gasteiger partial charge in [0, 0.05) is 7.05 Å². The Morgan fingerprint density at radius 1 is 1.73 bits per heavy atom. The van der Waals surface area contributed by atoms with Crippen LogP contribution in [0.3, 0.4) is 0 Å². The number of rotatable bonds is 3. The van der Waals surface area contributed by atoms with Gasteiger partial charge < -0.3 is 20.9 Å². The molecule has 0 saturated carbocycles. The molecule has 0 heterocycles. The molecule has 0 aromatic heterocycles. The van der Waals surface area contributed by atoms with Crippen molar-refractivity contribution < 1.29 is 10.3 Å². The lowest BCUT2D eigenvalue weighted by molar-refractivity contribution is 0.187. The van der Waals surface area contributed by atoms with Crippen molar-refractivity contribution in [3.8, 4) is 0 Å². The Bertz CT molecular complexity index is 134. The fourth-order valence-electron chi connectivity index (χ4n) is 0.783. The van der Waals surface area contributed by atoms with Crippen LogP contribution in [0.25, 0.3) is 0 Å². The Hall–Kier alpha value is -0.970. The van der Waals surface area contributed by atoms with Crippen LogP contribution in [-0.2, 0) is 0 Å². The molecular weight excluding hydrogens is 146 g/mol. The predicted octanol–water partition coefficient (Wildman–Crippen LogP) is -0.607. The van der Waals surface area contributed by atoms with E-state index >= 15 is 0 Å². The predicted molar refractivity (Wildman–Crippen MR) is 42.3 cm³/mol. The standard InChI is InChI=1S/C6H15N3O2/c1-3-5(4-10)9(2)6(7)8-11/h5,10-11H,3-4H2,1-2H3,(H2,7,8). The summed E-state index contributed by atoms with van der Waals surface area (Å²) in [7, 11) is 1.67. The van der Waals surface area contributed by atoms with Crippen LogP contribution in [0.5, 0.6) is 0 Å². The summed E-state index contributed by atoms with van der Waals surface area (Å²) in [6.07, 6.45) is 0.753. The molecule has 1 atom stereocenters. The third-order valence-electron chi connectivity index (χ3n) is 1.69. The number of nitrogens with two attached hydrogens (primary N) is 1. The van der Waals surface area contributed by atoms with Crippen molar-refractivity contribution in [3.05, 3.63) is 0 Å². The first-order valence-corrected chi connectivity index (χ1v) is 3.48. The van der Waals surface area contributed by atoms with Crippen LogP contribution in [0, 0.1) is 0 Å². The fraction of sp³-hybridized carbons (Fsp3) is 0.833. The smallest absolute Gasteiger partial charge is 0.233 e. The minimum absolute atomic E-state index is 0.00319. The van der Waals surface area contributed by atoms with E-state index in [1.807, 2.05) is 6.92 Å². The summed E-state index contributed by atoms with van der Waals surface area (Å²) in [4.78, 5) is 1.53. The molecule has 0 amide bonds. The van der Waals surface area contributed by atoms with Crippen LogP contribution < -0.4 is 5.73 Å². The number of aliphatic hydroxyl groups is 1. The van der Waals surface area contributed by atoms with Gasteiger partial charge in [-0.15, -0.1) is 0 Å². The molecule has 0 rings (SSSR count). The second-order valence-corrected chi connectivity index (χ2v) is 2.31. The molecule has 1 unspecified atom stereocenters. The molecular formula is C6H15N3O2. The first-order chi connectivity index (χ1) is 5.17. The highest BCUT2D eigenvalue weighted by Gasteiger charge is 2.12. The van der Waals surface area contributed by atoms with Gasteiger partial charge in [0.25, 0.3) is 0 Å². The highest BCUT2D eigenvalue weighted by atomic mass is 16.4. The van der Waals surface area contributed by atoms with Crippen LogP contribution >= 0.6 is 0 Å². The van der Waals surface area contributed by atoms with Gasteiger partial charge in [-0.3, -0.25) is 0 Å². The zero-order valence-electron chi connectivity index (χ0n) is 6.86. The number of aliphatic hydroxyl groups excluding tert-OH is 1. The van der Waals surface area contributed by atoms with E-state index in [-0.39, 0.29) is 18.6 Å². The van der Waals surface area contributed by atoms with E-state index in [0.717, 1.165) is 6.42 Å². The maximum atomic E-state index is 8.81. The number of nitrogens with zero attached hydrogens (tertiary/aromatic N) is 2. The summed E-state index contributed by atoms with van der Waals surface area (Å²) < 4.78 is 0. The van der Waals surface area contributed by atoms with Crippen molar-refractivity contribution in [2.45, 2.75) is 19.4 Å². The minimum Gasteiger partial charge on any atom is -0.408 e. The normalized spacial score (nSPS) is 14.6. The Morgan fingerprint density at radius 2 is 2.27 bits per heavy atom. The number of guanidine groups is 1. The molecule has 0 bridgehead atoms. The summed E-state index contributed by atoms with van der Waals surface area (Å²) in [5, 5.41) is 19.9. The SMILES string of the molecule is CCC(CO)N(C)/C(N)=N/O. The highest BCUT2D eigenvalue weighted by Crippen LogP contribution is 1.98. The van der Waals surface area contributed by atoms with Gasteiger partial charge in [0.15, 0.2) is 0 Å². The largest absolute Gasteiger partial charge is 0.408 e. The zero-order valence-corrected chi connectivity index (χ0v) is 6.86. The van der Waals surface area contributed by atoms with Gasteiger partial charge in [-0.05, 0) is 6.42 Å². The van der Waals surface area contributed by atoms with Crippen LogP contribution in [0.1, 0.15) is 13.3 Å². The number of likely N-dealkylation sites (N-methyl/N-ethyl adjacent to an activating group) is 1. The van der Waals surface area contributed by atoms with Crippen LogP contribution in [-0.4, -0.2) is 40.9 Å². The first-order valence-electron chi connectivity index (χ1n) is 3.48. The monoisotopic (exact) mass is 161 g/mol. The van der Waals surface area contributed by atoms with Crippen molar-refractivity contribution in [3.63, 3.8) is 0 Å². The molecule has 66 valence electrons. The van der Waals surface area contributed by atoms with E-state index in [1.54, 1.807) is 7.05 Å². The van der Waals surface area contributed by atoms with Crippen LogP contribution in [0.15, 0.2) is 5.16 Å². The molecule has 5 nitrogen and oxygen atoms in total. The second-order valence-electron chi connectivity index (χ2n) is 2.31. The molecule has 0 aliphatic rings. The van der Waals surface area contributed by atoms with Gasteiger partial charge in [0.05, 0.1) is 12.6 Å². The number of oxime groups is 1. The van der Waals surface area contributed by atoms with E-state index in [2.05, 4.69) is 5.16 Å². The molecule has 0 aromatic carbocycles. The van der Waals surface area contributed by atoms with Crippen molar-refractivity contribution in [1.82, 2.24) is 4.90 Å². The average Bonchev–Trinajstić information content (AvgIpc) is 2.05. The Balaban J connectivity index is 4.08. The topological polar surface area (TPSA) is 82.1 Å². The van der Waals surface area contributed by atoms with Gasteiger partial charge in [-0.1, -0.05) is 12.1 Å². The van der Waals surface area contributed by atoms with E-state index in [1.165, 1.54) is 4.90 Å². The third kappa shape index (κ3) is 2.63. The van der Waals surface area contributed by atoms with Crippen molar-refractivity contribution in [2.75, 3.05) is 13.7 Å². The van der Waals surface area contributed by atoms with Gasteiger partial charge in [0.2, 0.25) is 5.96 Å². The average molecular weight is 161 g/mol. The molecule has 0 radical (unpaired) electrons. The molecule has 0 aliphatic carbocycles. The van der Waals surface area contributed by atoms with Crippen LogP contribution in [0.4, 0.5) is 0 Å². The van der Waals surface area contributed by atoms with Gasteiger partial charge in [0.1, 0.15) is 0 Å². The second kappa shape index (κ2) is 4.79. The van der Waals surface area contributed by atoms with Crippen molar-refractivity contribution >= 4 is 5.96 Å². The quantitative estimate of drug-likeness (QED) is 0.223. The molecule has 4 N–H and O–H groups in total. The van der Waals surface area contributed by atoms with Crippen molar-refractivity contribution in [2.24, 2.45) is 10.9 Å². The summed E-state index contributed by atoms with van der Waals surface area (Å²) in [5.41, 5.74) is 5.28. The van der Waals surface area contributed by atoms with Crippen molar-refractivity contribution in [1.29, 1.82) is 0 Å². The lowest BCUT2D eigenvalue weighted by Crippen LogP contribution is -2.43. The first kappa shape index (κ1) is 10.0. The zero-order chi connectivity index (χ0) is 8.85. The molecule has 0 aliphatic heterocycles. The van der Waals surface area contributed by atoms with Gasteiger partial charge >= 0.3 is 0 Å². The van der Waals surface area contributed by atoms with Gasteiger partial charge in [-0.25, -0.2) is 0 Å². The van der Waals surface area contributed by atoms with Crippen LogP contribution in [0.2, 0.25) is 0 Å². The Kier molecular flexibility index (Phi) is 4.36. The van der Waals surface area contributed by atoms with E-state index in [0.29, 0.717) is 0 Å². The summed E-state index contributed by atoms with van der Waals surface area (Å²) in [6, 6.07) is -0.0779. The highest BCUT2D eigenvalue weighted by molar-refractivity contribution is 5.77. The molecule has 0 saturated heterocycles. The fourth-order valence-corrected chi connectivity index (χ4v) is 0.783. The molecule has 11 heavy (non-hydrogen) atoms. The molecule has 0 aromatic rings. The summed E-state index contributed by atoms with van der Waals surface area (Å²) >= 11 is 0.